The van der Waals surface area contributed by atoms with Crippen LogP contribution in [-0.2, 0) is 16.0 Å². The minimum absolute atomic E-state index is 0.0797. The molecule has 0 saturated carbocycles. The van der Waals surface area contributed by atoms with Gasteiger partial charge in [-0.3, -0.25) is 9.59 Å². The lowest BCUT2D eigenvalue weighted by atomic mass is 10.1. The minimum Gasteiger partial charge on any atom is -0.330 e. The summed E-state index contributed by atoms with van der Waals surface area (Å²) >= 11 is 1.36. The van der Waals surface area contributed by atoms with Crippen molar-refractivity contribution in [2.24, 2.45) is 0 Å². The van der Waals surface area contributed by atoms with Gasteiger partial charge in [0.05, 0.1) is 12.1 Å². The number of hydrogen-bond donors (Lipinski definition) is 1. The van der Waals surface area contributed by atoms with Crippen molar-refractivity contribution in [1.82, 2.24) is 29.6 Å². The van der Waals surface area contributed by atoms with Gasteiger partial charge in [-0.2, -0.15) is 5.10 Å². The van der Waals surface area contributed by atoms with Gasteiger partial charge in [0.25, 0.3) is 5.95 Å². The molecule has 1 fully saturated rings. The van der Waals surface area contributed by atoms with Crippen molar-refractivity contribution in [1.29, 1.82) is 0 Å². The summed E-state index contributed by atoms with van der Waals surface area (Å²) in [7, 11) is 0. The fourth-order valence-electron chi connectivity index (χ4n) is 3.99. The second kappa shape index (κ2) is 8.54. The van der Waals surface area contributed by atoms with Crippen molar-refractivity contribution >= 4 is 28.3 Å². The molecule has 1 aliphatic rings. The van der Waals surface area contributed by atoms with Crippen LogP contribution >= 0.6 is 11.3 Å². The molecule has 9 nitrogen and oxygen atoms in total. The lowest BCUT2D eigenvalue weighted by Gasteiger charge is -2.23. The molecule has 0 spiro atoms. The zero-order valence-corrected chi connectivity index (χ0v) is 18.9. The van der Waals surface area contributed by atoms with Crippen LogP contribution in [0.3, 0.4) is 0 Å². The molecule has 162 valence electrons. The Kier molecular flexibility index (Phi) is 5.81. The van der Waals surface area contributed by atoms with E-state index in [-0.39, 0.29) is 18.2 Å². The van der Waals surface area contributed by atoms with Gasteiger partial charge in [0.2, 0.25) is 11.8 Å². The van der Waals surface area contributed by atoms with Gasteiger partial charge in [0.1, 0.15) is 6.04 Å². The average molecular weight is 440 g/mol. The Bertz CT molecular complexity index is 1100. The van der Waals surface area contributed by atoms with E-state index in [4.69, 9.17) is 0 Å². The lowest BCUT2D eigenvalue weighted by molar-refractivity contribution is -0.136. The number of thiazole rings is 1. The first kappa shape index (κ1) is 21.1. The third-order valence-corrected chi connectivity index (χ3v) is 6.16. The van der Waals surface area contributed by atoms with E-state index >= 15 is 0 Å². The number of carbonyl (C=O) groups excluding carboxylic acids is 2. The minimum atomic E-state index is -0.477. The van der Waals surface area contributed by atoms with E-state index in [1.54, 1.807) is 21.2 Å². The molecule has 2 amide bonds. The van der Waals surface area contributed by atoms with Crippen molar-refractivity contribution in [3.05, 3.63) is 46.0 Å². The van der Waals surface area contributed by atoms with Gasteiger partial charge in [-0.25, -0.2) is 19.6 Å². The maximum atomic E-state index is 13.2. The maximum absolute atomic E-state index is 13.2. The molecule has 3 aromatic rings. The molecule has 3 aromatic heterocycles. The van der Waals surface area contributed by atoms with E-state index in [1.807, 2.05) is 33.8 Å². The summed E-state index contributed by atoms with van der Waals surface area (Å²) < 4.78 is 1.69. The molecule has 1 aliphatic heterocycles. The summed E-state index contributed by atoms with van der Waals surface area (Å²) in [4.78, 5) is 40.6. The molecule has 10 heteroatoms. The molecule has 0 radical (unpaired) electrons. The van der Waals surface area contributed by atoms with Gasteiger partial charge in [-0.05, 0) is 46.6 Å². The van der Waals surface area contributed by atoms with E-state index in [2.05, 4.69) is 25.4 Å². The SMILES string of the molecule is Cc1cc(C)nc(-n2nc(C)c(CC(=O)N3CCCC3C(=O)Nc3nccs3)c2C)n1. The van der Waals surface area contributed by atoms with Crippen LogP contribution in [0.4, 0.5) is 5.13 Å². The van der Waals surface area contributed by atoms with Crippen molar-refractivity contribution in [2.45, 2.75) is 53.0 Å². The summed E-state index contributed by atoms with van der Waals surface area (Å²) in [5, 5.41) is 9.74. The molecule has 4 heterocycles. The average Bonchev–Trinajstić information content (AvgIpc) is 3.44. The summed E-state index contributed by atoms with van der Waals surface area (Å²) in [6.45, 7) is 8.20. The number of anilines is 1. The van der Waals surface area contributed by atoms with Crippen molar-refractivity contribution < 1.29 is 9.59 Å². The van der Waals surface area contributed by atoms with E-state index in [1.165, 1.54) is 11.3 Å². The molecule has 31 heavy (non-hydrogen) atoms. The standard InChI is InChI=1S/C21H25N7O2S/c1-12-10-13(2)24-20(23-12)28-15(4)16(14(3)26-28)11-18(29)27-8-5-6-17(27)19(30)25-21-22-7-9-31-21/h7,9-10,17H,5-6,8,11H2,1-4H3,(H,22,25,30). The Morgan fingerprint density at radius 1 is 1.19 bits per heavy atom. The quantitative estimate of drug-likeness (QED) is 0.655. The maximum Gasteiger partial charge on any atom is 0.251 e. The van der Waals surface area contributed by atoms with Gasteiger partial charge >= 0.3 is 0 Å². The molecule has 0 aliphatic carbocycles. The number of aromatic nitrogens is 5. The van der Waals surface area contributed by atoms with E-state index < -0.39 is 6.04 Å². The highest BCUT2D eigenvalue weighted by Crippen LogP contribution is 2.23. The van der Waals surface area contributed by atoms with Crippen LogP contribution in [0.25, 0.3) is 5.95 Å². The fourth-order valence-corrected chi connectivity index (χ4v) is 4.52. The molecular formula is C21H25N7O2S. The first-order valence-corrected chi connectivity index (χ1v) is 11.1. The van der Waals surface area contributed by atoms with Gasteiger partial charge in [0, 0.05) is 40.8 Å². The molecule has 1 atom stereocenters. The van der Waals surface area contributed by atoms with E-state index in [9.17, 15) is 9.59 Å². The molecule has 0 aromatic carbocycles. The highest BCUT2D eigenvalue weighted by atomic mass is 32.1. The Morgan fingerprint density at radius 2 is 1.94 bits per heavy atom. The van der Waals surface area contributed by atoms with Crippen LogP contribution in [0.5, 0.6) is 0 Å². The fraction of sp³-hybridized carbons (Fsp3) is 0.429. The van der Waals surface area contributed by atoms with Crippen LogP contribution in [-0.4, -0.2) is 54.0 Å². The number of likely N-dealkylation sites (tertiary alicyclic amines) is 1. The number of carbonyl (C=O) groups is 2. The topological polar surface area (TPSA) is 106 Å². The van der Waals surface area contributed by atoms with Gasteiger partial charge in [-0.15, -0.1) is 11.3 Å². The smallest absolute Gasteiger partial charge is 0.251 e. The Labute approximate surface area is 184 Å². The van der Waals surface area contributed by atoms with Crippen molar-refractivity contribution in [3.63, 3.8) is 0 Å². The van der Waals surface area contributed by atoms with Crippen molar-refractivity contribution in [3.8, 4) is 5.95 Å². The third-order valence-electron chi connectivity index (χ3n) is 5.47. The Balaban J connectivity index is 1.53. The van der Waals surface area contributed by atoms with Crippen LogP contribution in [0.15, 0.2) is 17.6 Å². The zero-order valence-electron chi connectivity index (χ0n) is 18.0. The highest BCUT2D eigenvalue weighted by Gasteiger charge is 2.35. The Hall–Kier alpha value is -3.14. The van der Waals surface area contributed by atoms with Gasteiger partial charge < -0.3 is 10.2 Å². The molecular weight excluding hydrogens is 414 g/mol. The molecule has 1 unspecified atom stereocenters. The van der Waals surface area contributed by atoms with Gasteiger partial charge in [0.15, 0.2) is 5.13 Å². The van der Waals surface area contributed by atoms with Crippen LogP contribution in [0, 0.1) is 27.7 Å². The normalized spacial score (nSPS) is 16.0. The summed E-state index contributed by atoms with van der Waals surface area (Å²) in [5.74, 6) is 0.233. The van der Waals surface area contributed by atoms with Gasteiger partial charge in [-0.1, -0.05) is 0 Å². The second-order valence-electron chi connectivity index (χ2n) is 7.76. The number of aryl methyl sites for hydroxylation is 3. The lowest BCUT2D eigenvalue weighted by Crippen LogP contribution is -2.43. The van der Waals surface area contributed by atoms with Crippen LogP contribution < -0.4 is 5.32 Å². The molecule has 1 N–H and O–H groups in total. The highest BCUT2D eigenvalue weighted by molar-refractivity contribution is 7.13. The summed E-state index contributed by atoms with van der Waals surface area (Å²) in [6, 6.07) is 1.43. The largest absolute Gasteiger partial charge is 0.330 e. The Morgan fingerprint density at radius 3 is 2.61 bits per heavy atom. The van der Waals surface area contributed by atoms with E-state index in [0.717, 1.165) is 34.8 Å². The molecule has 4 rings (SSSR count). The van der Waals surface area contributed by atoms with Crippen molar-refractivity contribution in [2.75, 3.05) is 11.9 Å². The summed E-state index contributed by atoms with van der Waals surface area (Å²) in [6.07, 6.45) is 3.27. The second-order valence-corrected chi connectivity index (χ2v) is 8.65. The number of nitrogens with zero attached hydrogens (tertiary/aromatic N) is 6. The number of rotatable bonds is 5. The number of nitrogens with one attached hydrogen (secondary N) is 1. The molecule has 0 bridgehead atoms. The monoisotopic (exact) mass is 439 g/mol. The molecule has 1 saturated heterocycles. The first-order valence-electron chi connectivity index (χ1n) is 10.2. The number of amides is 2. The first-order chi connectivity index (χ1) is 14.8. The third kappa shape index (κ3) is 4.34. The predicted molar refractivity (Wildman–Crippen MR) is 117 cm³/mol. The van der Waals surface area contributed by atoms with E-state index in [0.29, 0.717) is 24.0 Å². The zero-order chi connectivity index (χ0) is 22.1. The van der Waals surface area contributed by atoms with Crippen LogP contribution in [0.1, 0.15) is 41.2 Å². The van der Waals surface area contributed by atoms with Crippen LogP contribution in [0.2, 0.25) is 0 Å². The predicted octanol–water partition coefficient (Wildman–Crippen LogP) is 2.52. The number of hydrogen-bond acceptors (Lipinski definition) is 7. The summed E-state index contributed by atoms with van der Waals surface area (Å²) in [5.41, 5.74) is 4.16.